The van der Waals surface area contributed by atoms with Crippen LogP contribution in [0.4, 0.5) is 0 Å². The minimum Gasteiger partial charge on any atom is -0.497 e. The Hall–Kier alpha value is -5.24. The van der Waals surface area contributed by atoms with E-state index in [0.29, 0.717) is 35.6 Å². The van der Waals surface area contributed by atoms with Gasteiger partial charge in [0.05, 0.1) is 36.2 Å². The molecule has 61 heavy (non-hydrogen) atoms. The molecule has 0 radical (unpaired) electrons. The number of rotatable bonds is 17. The Balaban J connectivity index is 1.30. The first-order valence-corrected chi connectivity index (χ1v) is 22.0. The van der Waals surface area contributed by atoms with Crippen molar-refractivity contribution in [3.05, 3.63) is 54.6 Å². The lowest BCUT2D eigenvalue weighted by Crippen LogP contribution is -2.60. The van der Waals surface area contributed by atoms with Crippen LogP contribution in [-0.2, 0) is 24.0 Å². The predicted molar refractivity (Wildman–Crippen MR) is 232 cm³/mol. The van der Waals surface area contributed by atoms with Gasteiger partial charge < -0.3 is 41.2 Å². The summed E-state index contributed by atoms with van der Waals surface area (Å²) < 4.78 is 12.3. The maximum Gasteiger partial charge on any atom is 0.251 e. The first-order valence-electron chi connectivity index (χ1n) is 22.0. The van der Waals surface area contributed by atoms with Gasteiger partial charge in [0, 0.05) is 36.2 Å². The molecule has 330 valence electrons. The van der Waals surface area contributed by atoms with Gasteiger partial charge in [-0.05, 0) is 68.4 Å². The number of carbonyl (C=O) groups excluding carboxylic acids is 5. The topological polar surface area (TPSA) is 197 Å². The highest BCUT2D eigenvalue weighted by molar-refractivity contribution is 5.95. The summed E-state index contributed by atoms with van der Waals surface area (Å²) in [5.41, 5.74) is 1.40. The highest BCUT2D eigenvalue weighted by Crippen LogP contribution is 2.39. The Morgan fingerprint density at radius 2 is 1.51 bits per heavy atom. The number of hydrogen-bond acceptors (Lipinski definition) is 9. The number of nitrogens with one attached hydrogen (secondary N) is 5. The summed E-state index contributed by atoms with van der Waals surface area (Å²) in [5.74, 6) is -3.08. The summed E-state index contributed by atoms with van der Waals surface area (Å²) in [5, 5.41) is 26.3. The van der Waals surface area contributed by atoms with Crippen LogP contribution in [0.3, 0.4) is 0 Å². The fourth-order valence-corrected chi connectivity index (χ4v) is 8.79. The van der Waals surface area contributed by atoms with Crippen molar-refractivity contribution in [3.8, 4) is 22.8 Å². The molecule has 6 N–H and O–H groups in total. The van der Waals surface area contributed by atoms with Gasteiger partial charge in [0.1, 0.15) is 29.7 Å². The van der Waals surface area contributed by atoms with Gasteiger partial charge in [-0.25, -0.2) is 4.98 Å². The molecule has 0 spiro atoms. The van der Waals surface area contributed by atoms with Crippen LogP contribution in [0.15, 0.2) is 54.6 Å². The van der Waals surface area contributed by atoms with Crippen molar-refractivity contribution < 1.29 is 38.6 Å². The number of carbonyl (C=O) groups is 5. The Bertz CT molecular complexity index is 2030. The molecule has 0 bridgehead atoms. The molecule has 3 fully saturated rings. The number of ether oxygens (including phenoxy) is 2. The number of hydrogen-bond donors (Lipinski definition) is 6. The molecule has 1 heterocycles. The fraction of sp³-hybridized carbons (Fsp3) is 0.574. The van der Waals surface area contributed by atoms with Crippen LogP contribution in [0.5, 0.6) is 11.5 Å². The van der Waals surface area contributed by atoms with Crippen molar-refractivity contribution in [2.45, 2.75) is 135 Å². The summed E-state index contributed by atoms with van der Waals surface area (Å²) in [6, 6.07) is 14.4. The van der Waals surface area contributed by atoms with E-state index in [4.69, 9.17) is 14.5 Å². The van der Waals surface area contributed by atoms with Gasteiger partial charge in [-0.2, -0.15) is 0 Å². The molecular weight excluding hydrogens is 777 g/mol. The van der Waals surface area contributed by atoms with Crippen LogP contribution in [0.25, 0.3) is 22.2 Å². The van der Waals surface area contributed by atoms with Crippen LogP contribution in [-0.4, -0.2) is 90.2 Å². The van der Waals surface area contributed by atoms with Gasteiger partial charge in [0.2, 0.25) is 23.6 Å². The van der Waals surface area contributed by atoms with Crippen LogP contribution in [0, 0.1) is 23.2 Å². The van der Waals surface area contributed by atoms with Crippen molar-refractivity contribution in [2.75, 3.05) is 14.2 Å². The van der Waals surface area contributed by atoms with Crippen molar-refractivity contribution in [2.24, 2.45) is 23.2 Å². The number of methoxy groups -OCH3 is 1. The number of amides is 5. The Kier molecular flexibility index (Phi) is 14.9. The van der Waals surface area contributed by atoms with Crippen LogP contribution >= 0.6 is 0 Å². The second-order valence-electron chi connectivity index (χ2n) is 18.1. The highest BCUT2D eigenvalue weighted by Gasteiger charge is 2.47. The maximum absolute atomic E-state index is 14.7. The molecule has 3 saturated carbocycles. The lowest BCUT2D eigenvalue weighted by atomic mass is 9.82. The molecule has 1 aromatic heterocycles. The number of aromatic nitrogens is 1. The molecule has 0 saturated heterocycles. The SMILES string of the molecule is CCC[C@H](NC(=O)[C@@H]1C[C@@H](Oc2cc(-c3ccccc3)nc3cc(OC)ccc23)C[C@H]1C(=O)N[C@H](C(=O)N[C@H](C(=O)NC)C1CCCCC1)C(C)(C)C)C(O)C(=O)NC1CC1. The molecule has 5 amide bonds. The number of aliphatic hydroxyl groups is 1. The smallest absolute Gasteiger partial charge is 0.251 e. The first kappa shape index (κ1) is 45.3. The average Bonchev–Trinajstić information content (AvgIpc) is 3.98. The summed E-state index contributed by atoms with van der Waals surface area (Å²) >= 11 is 0. The molecule has 0 aliphatic heterocycles. The van der Waals surface area contributed by atoms with E-state index in [1.807, 2.05) is 82.3 Å². The minimum atomic E-state index is -1.48. The zero-order chi connectivity index (χ0) is 43.8. The van der Waals surface area contributed by atoms with Crippen molar-refractivity contribution >= 4 is 40.4 Å². The molecular formula is C47H64N6O8. The molecule has 3 aliphatic carbocycles. The van der Waals surface area contributed by atoms with Crippen molar-refractivity contribution in [3.63, 3.8) is 0 Å². The Morgan fingerprint density at radius 3 is 2.11 bits per heavy atom. The Labute approximate surface area is 359 Å². The summed E-state index contributed by atoms with van der Waals surface area (Å²) in [6.07, 6.45) is 5.44. The number of pyridine rings is 1. The normalized spacial score (nSPS) is 21.3. The minimum absolute atomic E-state index is 0.0240. The van der Waals surface area contributed by atoms with E-state index < -0.39 is 71.2 Å². The quantitative estimate of drug-likeness (QED) is 0.109. The third kappa shape index (κ3) is 11.4. The standard InChI is InChI=1S/C47H64N6O8/c1-7-14-35(40(54)45(58)49-29-19-20-29)51-42(55)33-23-31(61-38-26-36(27-15-10-8-11-16-27)50-37-25-30(60-6)21-22-32(37)38)24-34(33)43(56)53-41(47(2,3)4)46(59)52-39(44(57)48-5)28-17-12-9-13-18-28/h8,10-11,15-16,21-22,25-26,28-29,31,33-35,39-41,54H,7,9,12-14,17-20,23-24H2,1-6H3,(H,48,57)(H,49,58)(H,51,55)(H,52,59)(H,53,56)/t31-,33-,34-,35+,39+,40?,41-/m1/s1. The van der Waals surface area contributed by atoms with E-state index in [-0.39, 0.29) is 30.7 Å². The Morgan fingerprint density at radius 1 is 0.836 bits per heavy atom. The molecule has 6 rings (SSSR count). The first-order chi connectivity index (χ1) is 29.2. The van der Waals surface area contributed by atoms with Crippen LogP contribution in [0.1, 0.15) is 98.3 Å². The van der Waals surface area contributed by atoms with Gasteiger partial charge in [-0.1, -0.05) is 83.7 Å². The predicted octanol–water partition coefficient (Wildman–Crippen LogP) is 4.95. The van der Waals surface area contributed by atoms with E-state index in [1.54, 1.807) is 14.2 Å². The van der Waals surface area contributed by atoms with E-state index in [2.05, 4.69) is 26.6 Å². The molecule has 7 atom stereocenters. The van der Waals surface area contributed by atoms with Crippen molar-refractivity contribution in [1.82, 2.24) is 31.6 Å². The van der Waals surface area contributed by atoms with Crippen LogP contribution < -0.4 is 36.1 Å². The molecule has 2 aromatic carbocycles. The highest BCUT2D eigenvalue weighted by atomic mass is 16.5. The maximum atomic E-state index is 14.7. The third-order valence-corrected chi connectivity index (χ3v) is 12.4. The lowest BCUT2D eigenvalue weighted by molar-refractivity contribution is -0.139. The second kappa shape index (κ2) is 20.1. The zero-order valence-corrected chi connectivity index (χ0v) is 36.4. The van der Waals surface area contributed by atoms with Crippen LogP contribution in [0.2, 0.25) is 0 Å². The third-order valence-electron chi connectivity index (χ3n) is 12.4. The van der Waals surface area contributed by atoms with Gasteiger partial charge in [0.15, 0.2) is 6.10 Å². The second-order valence-corrected chi connectivity index (χ2v) is 18.1. The summed E-state index contributed by atoms with van der Waals surface area (Å²) in [6.45, 7) is 7.43. The van der Waals surface area contributed by atoms with Gasteiger partial charge in [-0.3, -0.25) is 24.0 Å². The summed E-state index contributed by atoms with van der Waals surface area (Å²) in [4.78, 5) is 74.3. The van der Waals surface area contributed by atoms with Gasteiger partial charge >= 0.3 is 0 Å². The van der Waals surface area contributed by atoms with Crippen molar-refractivity contribution in [1.29, 1.82) is 0 Å². The number of fused-ring (bicyclic) bond motifs is 1. The number of nitrogens with zero attached hydrogens (tertiary/aromatic N) is 1. The number of aliphatic hydroxyl groups excluding tert-OH is 1. The molecule has 1 unspecified atom stereocenters. The van der Waals surface area contributed by atoms with E-state index in [1.165, 1.54) is 0 Å². The average molecular weight is 841 g/mol. The lowest BCUT2D eigenvalue weighted by Gasteiger charge is -2.35. The number of benzene rings is 2. The molecule has 3 aromatic rings. The summed E-state index contributed by atoms with van der Waals surface area (Å²) in [7, 11) is 3.14. The fourth-order valence-electron chi connectivity index (χ4n) is 8.79. The van der Waals surface area contributed by atoms with E-state index in [0.717, 1.165) is 55.9 Å². The van der Waals surface area contributed by atoms with E-state index in [9.17, 15) is 29.1 Å². The molecule has 14 nitrogen and oxygen atoms in total. The largest absolute Gasteiger partial charge is 0.497 e. The molecule has 3 aliphatic rings. The monoisotopic (exact) mass is 840 g/mol. The molecule has 14 heteroatoms. The van der Waals surface area contributed by atoms with Gasteiger partial charge in [-0.15, -0.1) is 0 Å². The van der Waals surface area contributed by atoms with Gasteiger partial charge in [0.25, 0.3) is 5.91 Å². The zero-order valence-electron chi connectivity index (χ0n) is 36.4. The van der Waals surface area contributed by atoms with E-state index >= 15 is 0 Å². The number of likely N-dealkylation sites (N-methyl/N-ethyl adjacent to an activating group) is 1.